The van der Waals surface area contributed by atoms with Gasteiger partial charge in [0.25, 0.3) is 0 Å². The maximum atomic E-state index is 13.0. The molecule has 25 heavy (non-hydrogen) atoms. The van der Waals surface area contributed by atoms with Crippen molar-refractivity contribution in [3.63, 3.8) is 0 Å². The number of amides is 1. The van der Waals surface area contributed by atoms with Crippen LogP contribution in [0.2, 0.25) is 5.02 Å². The first kappa shape index (κ1) is 18.7. The van der Waals surface area contributed by atoms with E-state index >= 15 is 0 Å². The molecule has 3 rings (SSSR count). The van der Waals surface area contributed by atoms with E-state index in [-0.39, 0.29) is 5.91 Å². The fraction of sp³-hybridized carbons (Fsp3) is 0.667. The highest BCUT2D eigenvalue weighted by Crippen LogP contribution is 2.30. The van der Waals surface area contributed by atoms with Gasteiger partial charge in [0.2, 0.25) is 5.91 Å². The van der Waals surface area contributed by atoms with E-state index < -0.39 is 0 Å². The third-order valence-electron chi connectivity index (χ3n) is 5.77. The lowest BCUT2D eigenvalue weighted by atomic mass is 9.88. The van der Waals surface area contributed by atoms with Crippen LogP contribution in [0, 0.1) is 0 Å². The second-order valence-electron chi connectivity index (χ2n) is 7.58. The molecule has 1 aromatic rings. The Balaban J connectivity index is 1.59. The van der Waals surface area contributed by atoms with Crippen molar-refractivity contribution in [1.29, 1.82) is 0 Å². The molecule has 2 fully saturated rings. The minimum absolute atomic E-state index is 0.283. The molecule has 3 nitrogen and oxygen atoms in total. The SMILES string of the molecule is O=C(CNCc1ccccc1Cl)N(C1CCCCC1)C1CCCCC1. The monoisotopic (exact) mass is 362 g/mol. The molecule has 0 radical (unpaired) electrons. The van der Waals surface area contributed by atoms with Crippen LogP contribution in [0.3, 0.4) is 0 Å². The number of hydrogen-bond acceptors (Lipinski definition) is 2. The van der Waals surface area contributed by atoms with Crippen molar-refractivity contribution >= 4 is 17.5 Å². The van der Waals surface area contributed by atoms with E-state index in [2.05, 4.69) is 10.2 Å². The number of benzene rings is 1. The second kappa shape index (κ2) is 9.59. The molecular weight excluding hydrogens is 332 g/mol. The summed E-state index contributed by atoms with van der Waals surface area (Å²) in [5.41, 5.74) is 1.05. The van der Waals surface area contributed by atoms with Crippen molar-refractivity contribution in [3.05, 3.63) is 34.9 Å². The Bertz CT molecular complexity index is 533. The number of nitrogens with zero attached hydrogens (tertiary/aromatic N) is 1. The number of carbonyl (C=O) groups excluding carboxylic acids is 1. The molecule has 0 aliphatic heterocycles. The van der Waals surface area contributed by atoms with Crippen LogP contribution >= 0.6 is 11.6 Å². The van der Waals surface area contributed by atoms with Gasteiger partial charge in [-0.2, -0.15) is 0 Å². The lowest BCUT2D eigenvalue weighted by Crippen LogP contribution is -2.51. The molecule has 1 amide bonds. The van der Waals surface area contributed by atoms with Gasteiger partial charge in [-0.15, -0.1) is 0 Å². The zero-order valence-corrected chi connectivity index (χ0v) is 15.9. The summed E-state index contributed by atoms with van der Waals surface area (Å²) in [4.78, 5) is 15.3. The first-order valence-electron chi connectivity index (χ1n) is 10.0. The molecule has 0 aromatic heterocycles. The van der Waals surface area contributed by atoms with E-state index in [0.717, 1.165) is 10.6 Å². The van der Waals surface area contributed by atoms with Gasteiger partial charge in [0.15, 0.2) is 0 Å². The van der Waals surface area contributed by atoms with Gasteiger partial charge in [0.1, 0.15) is 0 Å². The largest absolute Gasteiger partial charge is 0.336 e. The van der Waals surface area contributed by atoms with Gasteiger partial charge < -0.3 is 10.2 Å². The number of hydrogen-bond donors (Lipinski definition) is 1. The zero-order valence-electron chi connectivity index (χ0n) is 15.2. The van der Waals surface area contributed by atoms with Gasteiger partial charge in [-0.25, -0.2) is 0 Å². The van der Waals surface area contributed by atoms with Crippen LogP contribution in [0.15, 0.2) is 24.3 Å². The molecule has 1 N–H and O–H groups in total. The smallest absolute Gasteiger partial charge is 0.237 e. The Morgan fingerprint density at radius 3 is 2.08 bits per heavy atom. The predicted molar refractivity (Wildman–Crippen MR) is 104 cm³/mol. The van der Waals surface area contributed by atoms with Gasteiger partial charge in [-0.1, -0.05) is 68.3 Å². The van der Waals surface area contributed by atoms with Crippen LogP contribution in [-0.2, 0) is 11.3 Å². The van der Waals surface area contributed by atoms with Crippen molar-refractivity contribution < 1.29 is 4.79 Å². The molecule has 0 spiro atoms. The Labute approximate surface area is 157 Å². The molecule has 4 heteroatoms. The van der Waals surface area contributed by atoms with Gasteiger partial charge in [0, 0.05) is 23.7 Å². The van der Waals surface area contributed by atoms with Gasteiger partial charge >= 0.3 is 0 Å². The summed E-state index contributed by atoms with van der Waals surface area (Å²) in [5, 5.41) is 4.09. The summed E-state index contributed by atoms with van der Waals surface area (Å²) >= 11 is 6.21. The second-order valence-corrected chi connectivity index (χ2v) is 7.99. The van der Waals surface area contributed by atoms with Crippen LogP contribution in [0.1, 0.15) is 69.8 Å². The van der Waals surface area contributed by atoms with Gasteiger partial charge in [-0.05, 0) is 37.3 Å². The molecule has 0 bridgehead atoms. The average molecular weight is 363 g/mol. The van der Waals surface area contributed by atoms with Crippen molar-refractivity contribution in [2.45, 2.75) is 82.8 Å². The first-order chi connectivity index (χ1) is 12.3. The average Bonchev–Trinajstić information content (AvgIpc) is 2.65. The molecule has 2 aliphatic carbocycles. The number of nitrogens with one attached hydrogen (secondary N) is 1. The van der Waals surface area contributed by atoms with Crippen LogP contribution in [-0.4, -0.2) is 29.4 Å². The van der Waals surface area contributed by atoms with Crippen LogP contribution in [0.5, 0.6) is 0 Å². The third kappa shape index (κ3) is 5.21. The maximum absolute atomic E-state index is 13.0. The normalized spacial score (nSPS) is 19.7. The fourth-order valence-corrected chi connectivity index (χ4v) is 4.66. The Morgan fingerprint density at radius 2 is 1.52 bits per heavy atom. The summed E-state index contributed by atoms with van der Waals surface area (Å²) in [6, 6.07) is 8.76. The molecular formula is C21H31ClN2O. The number of carbonyl (C=O) groups is 1. The minimum Gasteiger partial charge on any atom is -0.336 e. The summed E-state index contributed by atoms with van der Waals surface area (Å²) in [5.74, 6) is 0.283. The number of halogens is 1. The molecule has 2 saturated carbocycles. The van der Waals surface area contributed by atoms with Crippen molar-refractivity contribution in [2.75, 3.05) is 6.54 Å². The molecule has 0 heterocycles. The molecule has 1 aromatic carbocycles. The highest BCUT2D eigenvalue weighted by atomic mass is 35.5. The summed E-state index contributed by atoms with van der Waals surface area (Å²) in [7, 11) is 0. The lowest BCUT2D eigenvalue weighted by Gasteiger charge is -2.42. The van der Waals surface area contributed by atoms with E-state index in [1.54, 1.807) is 0 Å². The van der Waals surface area contributed by atoms with Crippen molar-refractivity contribution in [1.82, 2.24) is 10.2 Å². The van der Waals surface area contributed by atoms with Crippen molar-refractivity contribution in [2.24, 2.45) is 0 Å². The topological polar surface area (TPSA) is 32.3 Å². The first-order valence-corrected chi connectivity index (χ1v) is 10.4. The quantitative estimate of drug-likeness (QED) is 0.778. The molecule has 2 aliphatic rings. The zero-order chi connectivity index (χ0) is 17.5. The molecule has 0 saturated heterocycles. The molecule has 0 atom stereocenters. The van der Waals surface area contributed by atoms with E-state index in [0.29, 0.717) is 25.2 Å². The highest BCUT2D eigenvalue weighted by molar-refractivity contribution is 6.31. The van der Waals surface area contributed by atoms with E-state index in [1.807, 2.05) is 24.3 Å². The van der Waals surface area contributed by atoms with E-state index in [1.165, 1.54) is 64.2 Å². The predicted octanol–water partition coefficient (Wildman–Crippen LogP) is 4.92. The minimum atomic E-state index is 0.283. The summed E-state index contributed by atoms with van der Waals surface area (Å²) in [6.45, 7) is 1.06. The molecule has 0 unspecified atom stereocenters. The Hall–Kier alpha value is -1.06. The summed E-state index contributed by atoms with van der Waals surface area (Å²) < 4.78 is 0. The highest BCUT2D eigenvalue weighted by Gasteiger charge is 2.31. The van der Waals surface area contributed by atoms with Crippen LogP contribution < -0.4 is 5.32 Å². The third-order valence-corrected chi connectivity index (χ3v) is 6.14. The summed E-state index contributed by atoms with van der Waals surface area (Å²) in [6.07, 6.45) is 12.5. The van der Waals surface area contributed by atoms with Crippen LogP contribution in [0.25, 0.3) is 0 Å². The number of rotatable bonds is 6. The Morgan fingerprint density at radius 1 is 0.960 bits per heavy atom. The van der Waals surface area contributed by atoms with Gasteiger partial charge in [0.05, 0.1) is 6.54 Å². The maximum Gasteiger partial charge on any atom is 0.237 e. The standard InChI is InChI=1S/C21H31ClN2O/c22-20-14-8-7-9-17(20)15-23-16-21(25)24(18-10-3-1-4-11-18)19-12-5-2-6-13-19/h7-9,14,18-19,23H,1-6,10-13,15-16H2. The fourth-order valence-electron chi connectivity index (χ4n) is 4.46. The van der Waals surface area contributed by atoms with Gasteiger partial charge in [-0.3, -0.25) is 4.79 Å². The van der Waals surface area contributed by atoms with Crippen LogP contribution in [0.4, 0.5) is 0 Å². The van der Waals surface area contributed by atoms with E-state index in [9.17, 15) is 4.79 Å². The van der Waals surface area contributed by atoms with E-state index in [4.69, 9.17) is 11.6 Å². The van der Waals surface area contributed by atoms with Crippen molar-refractivity contribution in [3.8, 4) is 0 Å². The lowest BCUT2D eigenvalue weighted by molar-refractivity contribution is -0.137. The molecule has 138 valence electrons. The Kier molecular flexibility index (Phi) is 7.18.